The Bertz CT molecular complexity index is 321. The van der Waals surface area contributed by atoms with Crippen LogP contribution in [0.2, 0.25) is 0 Å². The van der Waals surface area contributed by atoms with Gasteiger partial charge in [-0.1, -0.05) is 60.7 Å². The minimum atomic E-state index is 0. The van der Waals surface area contributed by atoms with Crippen molar-refractivity contribution in [1.82, 2.24) is 0 Å². The maximum Gasteiger partial charge on any atom is 1.00 e. The molecule has 14 heavy (non-hydrogen) atoms. The van der Waals surface area contributed by atoms with E-state index in [4.69, 9.17) is 0 Å². The summed E-state index contributed by atoms with van der Waals surface area (Å²) >= 11 is 0. The van der Waals surface area contributed by atoms with Crippen LogP contribution in [-0.2, 0) is 6.42 Å². The van der Waals surface area contributed by atoms with E-state index in [9.17, 15) is 0 Å². The predicted octanol–water partition coefficient (Wildman–Crippen LogP) is 0.394. The first-order valence-corrected chi connectivity index (χ1v) is 4.53. The van der Waals surface area contributed by atoms with E-state index in [1.807, 2.05) is 0 Å². The molecule has 2 rings (SSSR count). The van der Waals surface area contributed by atoms with Gasteiger partial charge in [-0.25, -0.2) is 0 Å². The van der Waals surface area contributed by atoms with Gasteiger partial charge in [0.05, 0.1) is 0 Å². The van der Waals surface area contributed by atoms with Gasteiger partial charge in [-0.3, -0.25) is 0 Å². The van der Waals surface area contributed by atoms with Crippen molar-refractivity contribution in [3.8, 4) is 0 Å². The largest absolute Gasteiger partial charge is 1.00 e. The van der Waals surface area contributed by atoms with Crippen molar-refractivity contribution in [3.05, 3.63) is 71.8 Å². The molecule has 1 heteroatoms. The Morgan fingerprint density at radius 1 is 0.643 bits per heavy atom. The second-order valence-corrected chi connectivity index (χ2v) is 3.15. The standard InChI is InChI=1S/C13H12.K.H/c1-3-7-12(8-4-1)11-13-9-5-2-6-10-13;;/h1-10H,11H2;;/q;+1;-1. The molecule has 0 radical (unpaired) electrons. The van der Waals surface area contributed by atoms with Crippen molar-refractivity contribution < 1.29 is 52.8 Å². The van der Waals surface area contributed by atoms with Crippen molar-refractivity contribution >= 4 is 0 Å². The molecule has 0 heterocycles. The molecular formula is C13H13K. The minimum Gasteiger partial charge on any atom is -1.00 e. The van der Waals surface area contributed by atoms with E-state index in [1.165, 1.54) is 11.1 Å². The topological polar surface area (TPSA) is 0 Å². The molecule has 0 N–H and O–H groups in total. The fourth-order valence-electron chi connectivity index (χ4n) is 1.43. The number of rotatable bonds is 2. The van der Waals surface area contributed by atoms with Gasteiger partial charge in [-0.15, -0.1) is 0 Å². The first-order valence-electron chi connectivity index (χ1n) is 4.53. The van der Waals surface area contributed by atoms with Crippen molar-refractivity contribution in [2.75, 3.05) is 0 Å². The van der Waals surface area contributed by atoms with Gasteiger partial charge in [0, 0.05) is 0 Å². The van der Waals surface area contributed by atoms with Crippen LogP contribution >= 0.6 is 0 Å². The van der Waals surface area contributed by atoms with E-state index in [-0.39, 0.29) is 52.8 Å². The summed E-state index contributed by atoms with van der Waals surface area (Å²) in [6, 6.07) is 21.1. The van der Waals surface area contributed by atoms with Crippen molar-refractivity contribution in [1.29, 1.82) is 0 Å². The maximum absolute atomic E-state index is 2.16. The molecule has 0 atom stereocenters. The van der Waals surface area contributed by atoms with Gasteiger partial charge in [-0.05, 0) is 17.5 Å². The maximum atomic E-state index is 2.16. The summed E-state index contributed by atoms with van der Waals surface area (Å²) in [5.74, 6) is 0. The average Bonchev–Trinajstić information content (AvgIpc) is 2.21. The number of benzene rings is 2. The van der Waals surface area contributed by atoms with Crippen LogP contribution < -0.4 is 51.4 Å². The van der Waals surface area contributed by atoms with Crippen LogP contribution in [0.5, 0.6) is 0 Å². The Morgan fingerprint density at radius 2 is 1.00 bits per heavy atom. The van der Waals surface area contributed by atoms with E-state index >= 15 is 0 Å². The Morgan fingerprint density at radius 3 is 1.36 bits per heavy atom. The zero-order valence-corrected chi connectivity index (χ0v) is 11.6. The Balaban J connectivity index is 0.000000980. The normalized spacial score (nSPS) is 9.14. The van der Waals surface area contributed by atoms with E-state index in [2.05, 4.69) is 60.7 Å². The van der Waals surface area contributed by atoms with Gasteiger partial charge < -0.3 is 1.43 Å². The summed E-state index contributed by atoms with van der Waals surface area (Å²) in [4.78, 5) is 0. The quantitative estimate of drug-likeness (QED) is 0.627. The molecule has 0 saturated carbocycles. The number of hydrogen-bond donors (Lipinski definition) is 0. The smallest absolute Gasteiger partial charge is 1.00 e. The van der Waals surface area contributed by atoms with Crippen LogP contribution in [0.15, 0.2) is 60.7 Å². The van der Waals surface area contributed by atoms with Crippen LogP contribution in [0.3, 0.4) is 0 Å². The fraction of sp³-hybridized carbons (Fsp3) is 0.0769. The molecule has 2 aromatic carbocycles. The van der Waals surface area contributed by atoms with E-state index < -0.39 is 0 Å². The first kappa shape index (κ1) is 12.1. The first-order chi connectivity index (χ1) is 6.45. The third kappa shape index (κ3) is 3.68. The molecule has 66 valence electrons. The second kappa shape index (κ2) is 6.54. The summed E-state index contributed by atoms with van der Waals surface area (Å²) in [7, 11) is 0. The molecular weight excluding hydrogens is 195 g/mol. The molecule has 0 aliphatic rings. The predicted molar refractivity (Wildman–Crippen MR) is 56.8 cm³/mol. The zero-order valence-electron chi connectivity index (χ0n) is 9.48. The molecule has 2 aromatic rings. The van der Waals surface area contributed by atoms with Gasteiger partial charge >= 0.3 is 51.4 Å². The summed E-state index contributed by atoms with van der Waals surface area (Å²) in [5.41, 5.74) is 2.74. The fourth-order valence-corrected chi connectivity index (χ4v) is 1.43. The third-order valence-corrected chi connectivity index (χ3v) is 2.09. The van der Waals surface area contributed by atoms with Crippen molar-refractivity contribution in [3.63, 3.8) is 0 Å². The summed E-state index contributed by atoms with van der Waals surface area (Å²) < 4.78 is 0. The summed E-state index contributed by atoms with van der Waals surface area (Å²) in [5, 5.41) is 0. The second-order valence-electron chi connectivity index (χ2n) is 3.15. The Hall–Kier alpha value is 0.0764. The molecule has 0 bridgehead atoms. The summed E-state index contributed by atoms with van der Waals surface area (Å²) in [6.45, 7) is 0. The molecule has 0 aromatic heterocycles. The third-order valence-electron chi connectivity index (χ3n) is 2.09. The van der Waals surface area contributed by atoms with E-state index in [0.29, 0.717) is 0 Å². The Labute approximate surface area is 129 Å². The van der Waals surface area contributed by atoms with Crippen LogP contribution in [0, 0.1) is 0 Å². The SMILES string of the molecule is [H-].[K+].c1ccc(Cc2ccccc2)cc1. The summed E-state index contributed by atoms with van der Waals surface area (Å²) in [6.07, 6.45) is 1.03. The Kier molecular flexibility index (Phi) is 5.67. The van der Waals surface area contributed by atoms with Gasteiger partial charge in [0.15, 0.2) is 0 Å². The molecule has 0 unspecified atom stereocenters. The molecule has 0 nitrogen and oxygen atoms in total. The van der Waals surface area contributed by atoms with E-state index in [0.717, 1.165) is 6.42 Å². The van der Waals surface area contributed by atoms with Gasteiger partial charge in [0.25, 0.3) is 0 Å². The molecule has 0 fully saturated rings. The molecule has 0 spiro atoms. The van der Waals surface area contributed by atoms with E-state index in [1.54, 1.807) is 0 Å². The van der Waals surface area contributed by atoms with Crippen LogP contribution in [0.25, 0.3) is 0 Å². The average molecular weight is 208 g/mol. The number of hydrogen-bond acceptors (Lipinski definition) is 0. The van der Waals surface area contributed by atoms with Gasteiger partial charge in [0.1, 0.15) is 0 Å². The zero-order chi connectivity index (χ0) is 8.93. The van der Waals surface area contributed by atoms with Crippen molar-refractivity contribution in [2.45, 2.75) is 6.42 Å². The molecule has 0 aliphatic heterocycles. The van der Waals surface area contributed by atoms with Gasteiger partial charge in [-0.2, -0.15) is 0 Å². The minimum absolute atomic E-state index is 0. The van der Waals surface area contributed by atoms with Gasteiger partial charge in [0.2, 0.25) is 0 Å². The van der Waals surface area contributed by atoms with Crippen LogP contribution in [0.4, 0.5) is 0 Å². The van der Waals surface area contributed by atoms with Crippen LogP contribution in [0.1, 0.15) is 12.6 Å². The monoisotopic (exact) mass is 208 g/mol. The molecule has 0 amide bonds. The molecule has 0 saturated heterocycles. The molecule has 0 aliphatic carbocycles. The van der Waals surface area contributed by atoms with Crippen LogP contribution in [-0.4, -0.2) is 0 Å². The van der Waals surface area contributed by atoms with Crippen molar-refractivity contribution in [2.24, 2.45) is 0 Å².